The van der Waals surface area contributed by atoms with Crippen LogP contribution >= 0.6 is 0 Å². The van der Waals surface area contributed by atoms with E-state index in [0.717, 1.165) is 11.6 Å². The van der Waals surface area contributed by atoms with Gasteiger partial charge in [0.1, 0.15) is 23.4 Å². The van der Waals surface area contributed by atoms with Gasteiger partial charge in [0.05, 0.1) is 18.4 Å². The third kappa shape index (κ3) is 3.37. The lowest BCUT2D eigenvalue weighted by molar-refractivity contribution is 0.0512. The van der Waals surface area contributed by atoms with Gasteiger partial charge in [0.15, 0.2) is 0 Å². The van der Waals surface area contributed by atoms with Gasteiger partial charge in [-0.2, -0.15) is 0 Å². The maximum Gasteiger partial charge on any atom is 0.365 e. The second-order valence-electron chi connectivity index (χ2n) is 5.42. The third-order valence-corrected chi connectivity index (χ3v) is 3.61. The Labute approximate surface area is 138 Å². The van der Waals surface area contributed by atoms with E-state index in [-0.39, 0.29) is 11.7 Å². The quantitative estimate of drug-likeness (QED) is 0.638. The van der Waals surface area contributed by atoms with Crippen LogP contribution in [0, 0.1) is 5.82 Å². The molecule has 6 heteroatoms. The Hall–Kier alpha value is -2.89. The van der Waals surface area contributed by atoms with Crippen molar-refractivity contribution in [1.82, 2.24) is 0 Å². The van der Waals surface area contributed by atoms with Gasteiger partial charge in [-0.25, -0.2) is 9.18 Å². The standard InChI is InChI=1S/C18H16FNO4/c1-11-8-16(15-7-6-14(22-2)10-17(15)23-11)20-24-18(21)12-4-3-5-13(19)9-12/h3-7,9-11H,8H2,1-2H3/b20-16-. The molecule has 0 aromatic heterocycles. The minimum atomic E-state index is -0.712. The Morgan fingerprint density at radius 2 is 2.12 bits per heavy atom. The minimum absolute atomic E-state index is 0.106. The highest BCUT2D eigenvalue weighted by Crippen LogP contribution is 2.31. The average molecular weight is 329 g/mol. The van der Waals surface area contributed by atoms with Crippen molar-refractivity contribution >= 4 is 11.7 Å². The highest BCUT2D eigenvalue weighted by Gasteiger charge is 2.23. The summed E-state index contributed by atoms with van der Waals surface area (Å²) in [5, 5.41) is 3.96. The van der Waals surface area contributed by atoms with Gasteiger partial charge >= 0.3 is 5.97 Å². The fraction of sp³-hybridized carbons (Fsp3) is 0.222. The molecule has 3 rings (SSSR count). The number of hydrogen-bond acceptors (Lipinski definition) is 5. The van der Waals surface area contributed by atoms with Gasteiger partial charge in [-0.15, -0.1) is 0 Å². The van der Waals surface area contributed by atoms with Crippen molar-refractivity contribution in [3.63, 3.8) is 0 Å². The summed E-state index contributed by atoms with van der Waals surface area (Å²) in [6, 6.07) is 10.6. The van der Waals surface area contributed by atoms with Crippen molar-refractivity contribution in [2.75, 3.05) is 7.11 Å². The molecule has 1 heterocycles. The van der Waals surface area contributed by atoms with Gasteiger partial charge in [0, 0.05) is 18.1 Å². The summed E-state index contributed by atoms with van der Waals surface area (Å²) in [7, 11) is 1.57. The Bertz CT molecular complexity index is 803. The Morgan fingerprint density at radius 1 is 1.29 bits per heavy atom. The normalized spacial score (nSPS) is 17.8. The zero-order chi connectivity index (χ0) is 17.1. The Morgan fingerprint density at radius 3 is 2.88 bits per heavy atom. The number of carbonyl (C=O) groups is 1. The molecule has 2 aromatic rings. The van der Waals surface area contributed by atoms with Gasteiger partial charge in [-0.1, -0.05) is 11.2 Å². The fourth-order valence-electron chi connectivity index (χ4n) is 2.46. The van der Waals surface area contributed by atoms with Gasteiger partial charge < -0.3 is 14.3 Å². The van der Waals surface area contributed by atoms with Gasteiger partial charge in [0.25, 0.3) is 0 Å². The molecule has 5 nitrogen and oxygen atoms in total. The van der Waals surface area contributed by atoms with Crippen LogP contribution < -0.4 is 9.47 Å². The summed E-state index contributed by atoms with van der Waals surface area (Å²) < 4.78 is 24.1. The van der Waals surface area contributed by atoms with E-state index in [0.29, 0.717) is 23.6 Å². The fourth-order valence-corrected chi connectivity index (χ4v) is 2.46. The van der Waals surface area contributed by atoms with Gasteiger partial charge in [-0.3, -0.25) is 0 Å². The molecule has 24 heavy (non-hydrogen) atoms. The first-order valence-electron chi connectivity index (χ1n) is 7.45. The van der Waals surface area contributed by atoms with Crippen LogP contribution in [0.15, 0.2) is 47.6 Å². The van der Waals surface area contributed by atoms with Crippen molar-refractivity contribution in [2.24, 2.45) is 5.16 Å². The van der Waals surface area contributed by atoms with Gasteiger partial charge in [-0.05, 0) is 37.3 Å². The molecule has 0 bridgehead atoms. The summed E-state index contributed by atoms with van der Waals surface area (Å²) >= 11 is 0. The van der Waals surface area contributed by atoms with E-state index in [4.69, 9.17) is 14.3 Å². The molecule has 124 valence electrons. The number of halogens is 1. The number of ether oxygens (including phenoxy) is 2. The lowest BCUT2D eigenvalue weighted by Crippen LogP contribution is -2.25. The Balaban J connectivity index is 1.84. The molecule has 0 spiro atoms. The molecule has 0 saturated carbocycles. The zero-order valence-corrected chi connectivity index (χ0v) is 13.3. The van der Waals surface area contributed by atoms with Gasteiger partial charge in [0.2, 0.25) is 0 Å². The largest absolute Gasteiger partial charge is 0.497 e. The number of methoxy groups -OCH3 is 1. The van der Waals surface area contributed by atoms with Crippen LogP contribution in [0.25, 0.3) is 0 Å². The number of benzene rings is 2. The van der Waals surface area contributed by atoms with Crippen LogP contribution in [-0.2, 0) is 4.84 Å². The number of nitrogens with zero attached hydrogens (tertiary/aromatic N) is 1. The van der Waals surface area contributed by atoms with Crippen LogP contribution in [0.4, 0.5) is 4.39 Å². The maximum atomic E-state index is 13.2. The van der Waals surface area contributed by atoms with E-state index in [2.05, 4.69) is 5.16 Å². The lowest BCUT2D eigenvalue weighted by atomic mass is 10.0. The molecule has 1 aliphatic heterocycles. The predicted molar refractivity (Wildman–Crippen MR) is 86.1 cm³/mol. The highest BCUT2D eigenvalue weighted by atomic mass is 19.1. The molecule has 0 radical (unpaired) electrons. The monoisotopic (exact) mass is 329 g/mol. The van der Waals surface area contributed by atoms with E-state index in [1.165, 1.54) is 18.2 Å². The molecule has 0 fully saturated rings. The molecular weight excluding hydrogens is 313 g/mol. The van der Waals surface area contributed by atoms with Crippen LogP contribution in [0.5, 0.6) is 11.5 Å². The summed E-state index contributed by atoms with van der Waals surface area (Å²) in [4.78, 5) is 17.0. The zero-order valence-electron chi connectivity index (χ0n) is 13.3. The Kier molecular flexibility index (Phi) is 4.46. The average Bonchev–Trinajstić information content (AvgIpc) is 2.58. The van der Waals surface area contributed by atoms with E-state index in [1.807, 2.05) is 6.92 Å². The van der Waals surface area contributed by atoms with Crippen molar-refractivity contribution in [3.8, 4) is 11.5 Å². The second-order valence-corrected chi connectivity index (χ2v) is 5.42. The number of oxime groups is 1. The first-order chi connectivity index (χ1) is 11.6. The summed E-state index contributed by atoms with van der Waals surface area (Å²) in [6.07, 6.45) is 0.381. The summed E-state index contributed by atoms with van der Waals surface area (Å²) in [5.74, 6) is 0.0676. The third-order valence-electron chi connectivity index (χ3n) is 3.61. The predicted octanol–water partition coefficient (Wildman–Crippen LogP) is 3.57. The summed E-state index contributed by atoms with van der Waals surface area (Å²) in [5.41, 5.74) is 1.44. The highest BCUT2D eigenvalue weighted by molar-refractivity contribution is 6.04. The first-order valence-corrected chi connectivity index (χ1v) is 7.45. The number of hydrogen-bond donors (Lipinski definition) is 0. The SMILES string of the molecule is COc1ccc2c(c1)OC(C)C/C2=N/OC(=O)c1cccc(F)c1. The van der Waals surface area contributed by atoms with E-state index in [1.54, 1.807) is 25.3 Å². The van der Waals surface area contributed by atoms with Crippen molar-refractivity contribution < 1.29 is 23.5 Å². The number of fused-ring (bicyclic) bond motifs is 1. The maximum absolute atomic E-state index is 13.2. The van der Waals surface area contributed by atoms with E-state index < -0.39 is 11.8 Å². The number of rotatable bonds is 3. The molecule has 0 aliphatic carbocycles. The lowest BCUT2D eigenvalue weighted by Gasteiger charge is -2.24. The van der Waals surface area contributed by atoms with Crippen LogP contribution in [0.2, 0.25) is 0 Å². The molecule has 1 unspecified atom stereocenters. The minimum Gasteiger partial charge on any atom is -0.497 e. The van der Waals surface area contributed by atoms with Crippen LogP contribution in [0.3, 0.4) is 0 Å². The summed E-state index contributed by atoms with van der Waals surface area (Å²) in [6.45, 7) is 1.90. The molecule has 0 saturated heterocycles. The van der Waals surface area contributed by atoms with E-state index in [9.17, 15) is 9.18 Å². The van der Waals surface area contributed by atoms with Crippen LogP contribution in [-0.4, -0.2) is 24.9 Å². The van der Waals surface area contributed by atoms with Crippen LogP contribution in [0.1, 0.15) is 29.3 Å². The number of carbonyl (C=O) groups excluding carboxylic acids is 1. The molecule has 1 aliphatic rings. The molecule has 2 aromatic carbocycles. The first kappa shape index (κ1) is 16.0. The van der Waals surface area contributed by atoms with Crippen molar-refractivity contribution in [3.05, 3.63) is 59.4 Å². The second kappa shape index (κ2) is 6.70. The molecule has 0 N–H and O–H groups in total. The van der Waals surface area contributed by atoms with Crippen molar-refractivity contribution in [1.29, 1.82) is 0 Å². The van der Waals surface area contributed by atoms with Crippen molar-refractivity contribution in [2.45, 2.75) is 19.4 Å². The molecule has 0 amide bonds. The smallest absolute Gasteiger partial charge is 0.365 e. The molecular formula is C18H16FNO4. The van der Waals surface area contributed by atoms with E-state index >= 15 is 0 Å². The molecule has 1 atom stereocenters. The topological polar surface area (TPSA) is 57.1 Å².